The molecule has 1 heterocycles. The number of aromatic nitrogens is 3. The molecule has 0 aliphatic heterocycles. The Morgan fingerprint density at radius 1 is 1.20 bits per heavy atom. The van der Waals surface area contributed by atoms with Crippen LogP contribution in [0.5, 0.6) is 0 Å². The molecule has 1 aliphatic carbocycles. The molecular formula is C21H28ClN5O2S. The number of nitrogens with one attached hydrogen (secondary N) is 2. The third-order valence-electron chi connectivity index (χ3n) is 5.37. The first-order valence-corrected chi connectivity index (χ1v) is 11.7. The molecule has 1 aliphatic rings. The molecule has 0 unspecified atom stereocenters. The Balaban J connectivity index is 1.55. The summed E-state index contributed by atoms with van der Waals surface area (Å²) in [5.74, 6) is 1.17. The van der Waals surface area contributed by atoms with Gasteiger partial charge in [-0.3, -0.25) is 9.59 Å². The average Bonchev–Trinajstić information content (AvgIpc) is 3.11. The smallest absolute Gasteiger partial charge is 0.232 e. The number of halogens is 1. The topological polar surface area (TPSA) is 88.9 Å². The zero-order valence-corrected chi connectivity index (χ0v) is 18.9. The number of hydrogen-bond donors (Lipinski definition) is 2. The first kappa shape index (κ1) is 22.6. The SMILES string of the molecule is CCn1c(CC(=O)Nc2ccccc2Cl)nnc1SCC(=O)N[C@@H]1CCCC[C@H]1C. The third kappa shape index (κ3) is 5.98. The van der Waals surface area contributed by atoms with Crippen LogP contribution in [-0.4, -0.2) is 38.4 Å². The largest absolute Gasteiger partial charge is 0.352 e. The molecule has 7 nitrogen and oxygen atoms in total. The van der Waals surface area contributed by atoms with Crippen LogP contribution in [0.3, 0.4) is 0 Å². The fourth-order valence-electron chi connectivity index (χ4n) is 3.68. The Morgan fingerprint density at radius 3 is 2.70 bits per heavy atom. The van der Waals surface area contributed by atoms with Crippen molar-refractivity contribution in [2.45, 2.75) is 63.7 Å². The van der Waals surface area contributed by atoms with Crippen LogP contribution in [0, 0.1) is 5.92 Å². The second kappa shape index (κ2) is 10.8. The van der Waals surface area contributed by atoms with E-state index in [1.807, 2.05) is 17.6 Å². The van der Waals surface area contributed by atoms with Gasteiger partial charge in [0.2, 0.25) is 11.8 Å². The number of carbonyl (C=O) groups is 2. The van der Waals surface area contributed by atoms with Gasteiger partial charge in [-0.1, -0.05) is 55.3 Å². The van der Waals surface area contributed by atoms with Crippen LogP contribution in [0.1, 0.15) is 45.4 Å². The summed E-state index contributed by atoms with van der Waals surface area (Å²) in [6.07, 6.45) is 4.72. The van der Waals surface area contributed by atoms with Gasteiger partial charge >= 0.3 is 0 Å². The Labute approximate surface area is 186 Å². The highest BCUT2D eigenvalue weighted by atomic mass is 35.5. The Morgan fingerprint density at radius 2 is 1.97 bits per heavy atom. The van der Waals surface area contributed by atoms with E-state index in [2.05, 4.69) is 27.8 Å². The van der Waals surface area contributed by atoms with E-state index in [4.69, 9.17) is 11.6 Å². The fourth-order valence-corrected chi connectivity index (χ4v) is 4.70. The van der Waals surface area contributed by atoms with Crippen LogP contribution < -0.4 is 10.6 Å². The predicted molar refractivity (Wildman–Crippen MR) is 120 cm³/mol. The van der Waals surface area contributed by atoms with Crippen LogP contribution in [-0.2, 0) is 22.6 Å². The van der Waals surface area contributed by atoms with Gasteiger partial charge in [-0.15, -0.1) is 10.2 Å². The summed E-state index contributed by atoms with van der Waals surface area (Å²) in [5.41, 5.74) is 0.565. The maximum absolute atomic E-state index is 12.4. The molecular weight excluding hydrogens is 422 g/mol. The number of thioether (sulfide) groups is 1. The molecule has 0 saturated heterocycles. The second-order valence-electron chi connectivity index (χ2n) is 7.57. The fraction of sp³-hybridized carbons (Fsp3) is 0.524. The number of hydrogen-bond acceptors (Lipinski definition) is 5. The molecule has 0 bridgehead atoms. The molecule has 2 atom stereocenters. The second-order valence-corrected chi connectivity index (χ2v) is 8.92. The number of benzene rings is 1. The van der Waals surface area contributed by atoms with E-state index in [9.17, 15) is 9.59 Å². The number of nitrogens with zero attached hydrogens (tertiary/aromatic N) is 3. The third-order valence-corrected chi connectivity index (χ3v) is 6.66. The van der Waals surface area contributed by atoms with Crippen molar-refractivity contribution in [1.29, 1.82) is 0 Å². The zero-order chi connectivity index (χ0) is 21.5. The van der Waals surface area contributed by atoms with Crippen LogP contribution in [0.4, 0.5) is 5.69 Å². The molecule has 30 heavy (non-hydrogen) atoms. The number of anilines is 1. The summed E-state index contributed by atoms with van der Waals surface area (Å²) in [4.78, 5) is 24.8. The van der Waals surface area contributed by atoms with Crippen molar-refractivity contribution in [3.63, 3.8) is 0 Å². The Kier molecular flexibility index (Phi) is 8.16. The molecule has 162 valence electrons. The monoisotopic (exact) mass is 449 g/mol. The Bertz CT molecular complexity index is 888. The minimum atomic E-state index is -0.217. The molecule has 0 radical (unpaired) electrons. The van der Waals surface area contributed by atoms with E-state index in [1.54, 1.807) is 18.2 Å². The lowest BCUT2D eigenvalue weighted by atomic mass is 9.86. The number of carbonyl (C=O) groups excluding carboxylic acids is 2. The molecule has 2 aromatic rings. The van der Waals surface area contributed by atoms with Crippen LogP contribution in [0.15, 0.2) is 29.4 Å². The molecule has 1 aromatic carbocycles. The van der Waals surface area contributed by atoms with Gasteiger partial charge in [0.15, 0.2) is 5.16 Å². The molecule has 1 saturated carbocycles. The predicted octanol–water partition coefficient (Wildman–Crippen LogP) is 3.92. The summed E-state index contributed by atoms with van der Waals surface area (Å²) in [7, 11) is 0. The van der Waals surface area contributed by atoms with Crippen molar-refractivity contribution in [3.05, 3.63) is 35.1 Å². The maximum Gasteiger partial charge on any atom is 0.232 e. The van der Waals surface area contributed by atoms with Gasteiger partial charge in [-0.05, 0) is 37.8 Å². The van der Waals surface area contributed by atoms with Gasteiger partial charge in [-0.2, -0.15) is 0 Å². The van der Waals surface area contributed by atoms with Crippen molar-refractivity contribution in [2.24, 2.45) is 5.92 Å². The molecule has 3 rings (SSSR count). The highest BCUT2D eigenvalue weighted by Gasteiger charge is 2.23. The van der Waals surface area contributed by atoms with Crippen LogP contribution in [0.2, 0.25) is 5.02 Å². The number of para-hydroxylation sites is 1. The number of rotatable bonds is 8. The van der Waals surface area contributed by atoms with Gasteiger partial charge in [0.1, 0.15) is 5.82 Å². The lowest BCUT2D eigenvalue weighted by Gasteiger charge is -2.29. The summed E-state index contributed by atoms with van der Waals surface area (Å²) in [5, 5.41) is 15.4. The first-order valence-electron chi connectivity index (χ1n) is 10.4. The van der Waals surface area contributed by atoms with Gasteiger partial charge in [0.25, 0.3) is 0 Å². The highest BCUT2D eigenvalue weighted by Crippen LogP contribution is 2.24. The van der Waals surface area contributed by atoms with Crippen molar-refractivity contribution in [2.75, 3.05) is 11.1 Å². The average molecular weight is 450 g/mol. The molecule has 9 heteroatoms. The van der Waals surface area contributed by atoms with Crippen molar-refractivity contribution in [1.82, 2.24) is 20.1 Å². The van der Waals surface area contributed by atoms with E-state index >= 15 is 0 Å². The van der Waals surface area contributed by atoms with E-state index < -0.39 is 0 Å². The van der Waals surface area contributed by atoms with Gasteiger partial charge in [0, 0.05) is 12.6 Å². The van der Waals surface area contributed by atoms with E-state index in [1.165, 1.54) is 31.0 Å². The normalized spacial score (nSPS) is 18.8. The van der Waals surface area contributed by atoms with Gasteiger partial charge in [0.05, 0.1) is 22.9 Å². The quantitative estimate of drug-likeness (QED) is 0.596. The number of amides is 2. The van der Waals surface area contributed by atoms with Crippen LogP contribution >= 0.6 is 23.4 Å². The lowest BCUT2D eigenvalue weighted by molar-refractivity contribution is -0.120. The molecule has 1 fully saturated rings. The van der Waals surface area contributed by atoms with Crippen molar-refractivity contribution < 1.29 is 9.59 Å². The van der Waals surface area contributed by atoms with Gasteiger partial charge in [-0.25, -0.2) is 0 Å². The van der Waals surface area contributed by atoms with E-state index in [-0.39, 0.29) is 30.0 Å². The zero-order valence-electron chi connectivity index (χ0n) is 17.4. The maximum atomic E-state index is 12.4. The highest BCUT2D eigenvalue weighted by molar-refractivity contribution is 7.99. The minimum Gasteiger partial charge on any atom is -0.352 e. The van der Waals surface area contributed by atoms with Crippen molar-refractivity contribution >= 4 is 40.9 Å². The van der Waals surface area contributed by atoms with E-state index in [0.29, 0.717) is 34.2 Å². The molecule has 2 N–H and O–H groups in total. The summed E-state index contributed by atoms with van der Waals surface area (Å²) < 4.78 is 1.87. The summed E-state index contributed by atoms with van der Waals surface area (Å²) in [6.45, 7) is 4.78. The summed E-state index contributed by atoms with van der Waals surface area (Å²) in [6, 6.07) is 7.35. The molecule has 2 amide bonds. The minimum absolute atomic E-state index is 0.0161. The Hall–Kier alpha value is -2.06. The van der Waals surface area contributed by atoms with Crippen molar-refractivity contribution in [3.8, 4) is 0 Å². The lowest BCUT2D eigenvalue weighted by Crippen LogP contribution is -2.41. The summed E-state index contributed by atoms with van der Waals surface area (Å²) >= 11 is 7.44. The molecule has 1 aromatic heterocycles. The standard InChI is InChI=1S/C21H28ClN5O2S/c1-3-27-18(12-19(28)24-17-11-7-5-9-15(17)22)25-26-21(27)30-13-20(29)23-16-10-6-4-8-14(16)2/h5,7,9,11,14,16H,3-4,6,8,10,12-13H2,1-2H3,(H,23,29)(H,24,28)/t14-,16-/m1/s1. The van der Waals surface area contributed by atoms with Gasteiger partial charge < -0.3 is 15.2 Å². The van der Waals surface area contributed by atoms with Crippen LogP contribution in [0.25, 0.3) is 0 Å². The molecule has 0 spiro atoms. The first-order chi connectivity index (χ1) is 14.5. The van der Waals surface area contributed by atoms with E-state index in [0.717, 1.165) is 6.42 Å².